The molecule has 2 aromatic carbocycles. The Kier molecular flexibility index (Phi) is 4.22. The van der Waals surface area contributed by atoms with E-state index in [0.717, 1.165) is 11.1 Å². The van der Waals surface area contributed by atoms with Crippen LogP contribution in [0.15, 0.2) is 48.5 Å². The quantitative estimate of drug-likeness (QED) is 0.743. The number of benzene rings is 2. The predicted octanol–water partition coefficient (Wildman–Crippen LogP) is 4.34. The third kappa shape index (κ3) is 3.26. The van der Waals surface area contributed by atoms with Crippen LogP contribution < -0.4 is 4.74 Å². The molecule has 0 aliphatic heterocycles. The Balaban J connectivity index is 2.09. The molecule has 0 aliphatic carbocycles. The molecule has 18 heavy (non-hydrogen) atoms. The van der Waals surface area contributed by atoms with Crippen LogP contribution in [0.1, 0.15) is 11.1 Å². The van der Waals surface area contributed by atoms with Crippen LogP contribution >= 0.6 is 11.6 Å². The maximum absolute atomic E-state index is 6.85. The molecule has 0 N–H and O–H groups in total. The average molecular weight is 258 g/mol. The minimum absolute atomic E-state index is 0.346. The van der Waals surface area contributed by atoms with E-state index in [-0.39, 0.29) is 0 Å². The lowest BCUT2D eigenvalue weighted by atomic mass is 10.2. The van der Waals surface area contributed by atoms with E-state index >= 15 is 0 Å². The SMILES string of the molecule is [C-]#[N+]Cc1ccc(Cl)c(OCc2ccccc2)c1. The molecule has 0 radical (unpaired) electrons. The van der Waals surface area contributed by atoms with Crippen molar-refractivity contribution >= 4 is 11.6 Å². The van der Waals surface area contributed by atoms with Crippen LogP contribution in [-0.2, 0) is 13.2 Å². The first-order valence-corrected chi connectivity index (χ1v) is 5.96. The zero-order valence-corrected chi connectivity index (χ0v) is 10.5. The van der Waals surface area contributed by atoms with Crippen LogP contribution in [0, 0.1) is 6.57 Å². The van der Waals surface area contributed by atoms with Crippen LogP contribution in [0.2, 0.25) is 5.02 Å². The Morgan fingerprint density at radius 1 is 1.06 bits per heavy atom. The van der Waals surface area contributed by atoms with Gasteiger partial charge in [-0.3, -0.25) is 0 Å². The van der Waals surface area contributed by atoms with E-state index in [1.54, 1.807) is 6.07 Å². The number of halogens is 1. The van der Waals surface area contributed by atoms with Crippen LogP contribution in [-0.4, -0.2) is 0 Å². The topological polar surface area (TPSA) is 13.6 Å². The molecule has 0 unspecified atom stereocenters. The molecular formula is C15H12ClNO. The summed E-state index contributed by atoms with van der Waals surface area (Å²) in [5.74, 6) is 0.627. The molecule has 0 spiro atoms. The van der Waals surface area contributed by atoms with Gasteiger partial charge in [0.15, 0.2) is 0 Å². The fraction of sp³-hybridized carbons (Fsp3) is 0.133. The van der Waals surface area contributed by atoms with E-state index in [1.165, 1.54) is 0 Å². The summed E-state index contributed by atoms with van der Waals surface area (Å²) in [6, 6.07) is 15.3. The molecule has 2 aromatic rings. The second-order valence-electron chi connectivity index (χ2n) is 3.86. The van der Waals surface area contributed by atoms with E-state index in [1.807, 2.05) is 42.5 Å². The number of nitrogens with zero attached hydrogens (tertiary/aromatic N) is 1. The highest BCUT2D eigenvalue weighted by Crippen LogP contribution is 2.26. The van der Waals surface area contributed by atoms with Gasteiger partial charge < -0.3 is 9.58 Å². The summed E-state index contributed by atoms with van der Waals surface area (Å²) in [6.07, 6.45) is 0. The van der Waals surface area contributed by atoms with Crippen molar-refractivity contribution in [1.29, 1.82) is 0 Å². The van der Waals surface area contributed by atoms with Gasteiger partial charge in [-0.1, -0.05) is 41.9 Å². The molecule has 0 bridgehead atoms. The summed E-state index contributed by atoms with van der Waals surface area (Å²) < 4.78 is 5.67. The number of rotatable bonds is 4. The normalized spacial score (nSPS) is 9.78. The second-order valence-corrected chi connectivity index (χ2v) is 4.26. The van der Waals surface area contributed by atoms with Crippen molar-refractivity contribution < 1.29 is 4.74 Å². The molecule has 0 aliphatic rings. The minimum Gasteiger partial charge on any atom is -0.487 e. The molecule has 2 nitrogen and oxygen atoms in total. The fourth-order valence-corrected chi connectivity index (χ4v) is 1.76. The summed E-state index contributed by atoms with van der Waals surface area (Å²) in [5, 5.41) is 0.569. The smallest absolute Gasteiger partial charge is 0.239 e. The molecular weight excluding hydrogens is 246 g/mol. The predicted molar refractivity (Wildman–Crippen MR) is 72.5 cm³/mol. The van der Waals surface area contributed by atoms with E-state index in [0.29, 0.717) is 23.9 Å². The van der Waals surface area contributed by atoms with Crippen molar-refractivity contribution in [3.63, 3.8) is 0 Å². The first-order chi connectivity index (χ1) is 8.79. The van der Waals surface area contributed by atoms with E-state index in [9.17, 15) is 0 Å². The van der Waals surface area contributed by atoms with Crippen molar-refractivity contribution in [3.8, 4) is 5.75 Å². The van der Waals surface area contributed by atoms with Crippen molar-refractivity contribution in [1.82, 2.24) is 0 Å². The minimum atomic E-state index is 0.346. The summed E-state index contributed by atoms with van der Waals surface area (Å²) in [4.78, 5) is 3.35. The third-order valence-corrected chi connectivity index (χ3v) is 2.81. The summed E-state index contributed by atoms with van der Waals surface area (Å²) in [6.45, 7) is 7.67. The molecule has 0 saturated heterocycles. The second kappa shape index (κ2) is 6.09. The Labute approximate surface area is 112 Å². The molecule has 0 saturated carbocycles. The third-order valence-electron chi connectivity index (χ3n) is 2.49. The lowest BCUT2D eigenvalue weighted by molar-refractivity contribution is 0.306. The van der Waals surface area contributed by atoms with Crippen molar-refractivity contribution in [2.45, 2.75) is 13.2 Å². The zero-order valence-electron chi connectivity index (χ0n) is 9.77. The fourth-order valence-electron chi connectivity index (χ4n) is 1.58. The van der Waals surface area contributed by atoms with E-state index in [2.05, 4.69) is 4.85 Å². The summed E-state index contributed by atoms with van der Waals surface area (Å²) in [7, 11) is 0. The molecule has 0 amide bonds. The molecule has 2 rings (SSSR count). The van der Waals surface area contributed by atoms with Gasteiger partial charge in [-0.2, -0.15) is 0 Å². The highest BCUT2D eigenvalue weighted by atomic mass is 35.5. The van der Waals surface area contributed by atoms with Gasteiger partial charge >= 0.3 is 0 Å². The van der Waals surface area contributed by atoms with Gasteiger partial charge in [0.05, 0.1) is 5.02 Å². The Bertz CT molecular complexity index is 560. The van der Waals surface area contributed by atoms with Gasteiger partial charge in [0.1, 0.15) is 12.4 Å². The Morgan fingerprint density at radius 3 is 2.56 bits per heavy atom. The largest absolute Gasteiger partial charge is 0.487 e. The van der Waals surface area contributed by atoms with Gasteiger partial charge in [0.25, 0.3) is 0 Å². The summed E-state index contributed by atoms with van der Waals surface area (Å²) in [5.41, 5.74) is 2.00. The van der Waals surface area contributed by atoms with E-state index < -0.39 is 0 Å². The van der Waals surface area contributed by atoms with Crippen molar-refractivity contribution in [3.05, 3.63) is 76.1 Å². The monoisotopic (exact) mass is 257 g/mol. The lowest BCUT2D eigenvalue weighted by Crippen LogP contribution is -1.96. The highest BCUT2D eigenvalue weighted by molar-refractivity contribution is 6.32. The molecule has 3 heteroatoms. The first-order valence-electron chi connectivity index (χ1n) is 5.58. The Morgan fingerprint density at radius 2 is 1.83 bits per heavy atom. The maximum atomic E-state index is 6.85. The van der Waals surface area contributed by atoms with Crippen molar-refractivity contribution in [2.24, 2.45) is 0 Å². The average Bonchev–Trinajstić information content (AvgIpc) is 2.41. The van der Waals surface area contributed by atoms with Gasteiger partial charge in [-0.25, -0.2) is 6.57 Å². The van der Waals surface area contributed by atoms with Gasteiger partial charge in [0, 0.05) is 5.56 Å². The van der Waals surface area contributed by atoms with Crippen LogP contribution in [0.4, 0.5) is 0 Å². The molecule has 0 fully saturated rings. The van der Waals surface area contributed by atoms with Crippen molar-refractivity contribution in [2.75, 3.05) is 0 Å². The number of hydrogen-bond acceptors (Lipinski definition) is 1. The van der Waals surface area contributed by atoms with Gasteiger partial charge in [-0.05, 0) is 23.8 Å². The van der Waals surface area contributed by atoms with Gasteiger partial charge in [-0.15, -0.1) is 0 Å². The molecule has 0 heterocycles. The van der Waals surface area contributed by atoms with E-state index in [4.69, 9.17) is 22.9 Å². The van der Waals surface area contributed by atoms with Crippen LogP contribution in [0.5, 0.6) is 5.75 Å². The standard InChI is InChI=1S/C15H12ClNO/c1-17-10-13-7-8-14(16)15(9-13)18-11-12-5-3-2-4-6-12/h2-9H,10-11H2. The number of ether oxygens (including phenoxy) is 1. The molecule has 0 atom stereocenters. The molecule has 90 valence electrons. The highest BCUT2D eigenvalue weighted by Gasteiger charge is 2.05. The molecule has 0 aromatic heterocycles. The van der Waals surface area contributed by atoms with Crippen LogP contribution in [0.25, 0.3) is 4.85 Å². The maximum Gasteiger partial charge on any atom is 0.239 e. The van der Waals surface area contributed by atoms with Gasteiger partial charge in [0.2, 0.25) is 6.54 Å². The Hall–Kier alpha value is -1.98. The summed E-state index contributed by atoms with van der Waals surface area (Å²) >= 11 is 6.06. The zero-order chi connectivity index (χ0) is 12.8. The number of hydrogen-bond donors (Lipinski definition) is 0. The first kappa shape index (κ1) is 12.5. The lowest BCUT2D eigenvalue weighted by Gasteiger charge is -2.08. The van der Waals surface area contributed by atoms with Crippen LogP contribution in [0.3, 0.4) is 0 Å².